The fraction of sp³-hybridized carbons (Fsp3) is 0.846. The fourth-order valence-electron chi connectivity index (χ4n) is 1.20. The number of ether oxygens (including phenoxy) is 2. The van der Waals surface area contributed by atoms with Gasteiger partial charge in [0.2, 0.25) is 0 Å². The van der Waals surface area contributed by atoms with Crippen LogP contribution in [0, 0.1) is 0 Å². The summed E-state index contributed by atoms with van der Waals surface area (Å²) < 4.78 is 10.8. The van der Waals surface area contributed by atoms with Gasteiger partial charge in [0.25, 0.3) is 0 Å². The highest BCUT2D eigenvalue weighted by molar-refractivity contribution is 14.1. The van der Waals surface area contributed by atoms with Crippen LogP contribution < -0.4 is 0 Å². The summed E-state index contributed by atoms with van der Waals surface area (Å²) in [5.74, 6) is -0.350. The van der Waals surface area contributed by atoms with Crippen LogP contribution in [0.25, 0.3) is 0 Å². The van der Waals surface area contributed by atoms with Gasteiger partial charge in [0, 0.05) is 14.3 Å². The van der Waals surface area contributed by atoms with Gasteiger partial charge < -0.3 is 9.47 Å². The summed E-state index contributed by atoms with van der Waals surface area (Å²) in [5.41, 5.74) is 0. The largest absolute Gasteiger partial charge is 0.466 e. The smallest absolute Gasteiger partial charge is 0.306 e. The summed E-state index contributed by atoms with van der Waals surface area (Å²) >= 11 is 4.48. The molecule has 0 spiro atoms. The lowest BCUT2D eigenvalue weighted by Crippen LogP contribution is -2.14. The summed E-state index contributed by atoms with van der Waals surface area (Å²) in [6.45, 7) is 4.72. The second-order valence-corrected chi connectivity index (χ2v) is 7.74. The molecule has 112 valence electrons. The molecule has 2 unspecified atom stereocenters. The van der Waals surface area contributed by atoms with Gasteiger partial charge in [0.1, 0.15) is 0 Å². The summed E-state index contributed by atoms with van der Waals surface area (Å²) in [7, 11) is 0. The van der Waals surface area contributed by atoms with Crippen molar-refractivity contribution in [3.8, 4) is 0 Å². The monoisotopic (exact) mass is 496 g/mol. The SMILES string of the molecule is CCC(I)CC(=O)OCCCOC(=O)CC(I)CC. The van der Waals surface area contributed by atoms with Crippen molar-refractivity contribution in [2.24, 2.45) is 0 Å². The standard InChI is InChI=1S/C13H22I2O4/c1-3-10(14)8-12(16)18-6-5-7-19-13(17)9-11(15)4-2/h10-11H,3-9H2,1-2H3. The number of carbonyl (C=O) groups is 2. The van der Waals surface area contributed by atoms with E-state index in [9.17, 15) is 9.59 Å². The van der Waals surface area contributed by atoms with Crippen molar-refractivity contribution < 1.29 is 19.1 Å². The first-order valence-corrected chi connectivity index (χ1v) is 9.08. The van der Waals surface area contributed by atoms with E-state index in [4.69, 9.17) is 9.47 Å². The van der Waals surface area contributed by atoms with Crippen LogP contribution in [0.3, 0.4) is 0 Å². The quantitative estimate of drug-likeness (QED) is 0.201. The maximum absolute atomic E-state index is 11.4. The van der Waals surface area contributed by atoms with Crippen LogP contribution in [0.15, 0.2) is 0 Å². The number of rotatable bonds is 10. The Hall–Kier alpha value is 0.400. The molecular formula is C13H22I2O4. The Morgan fingerprint density at radius 2 is 1.26 bits per heavy atom. The third-order valence-electron chi connectivity index (χ3n) is 2.48. The van der Waals surface area contributed by atoms with Gasteiger partial charge in [-0.2, -0.15) is 0 Å². The Labute approximate surface area is 142 Å². The Morgan fingerprint density at radius 1 is 0.895 bits per heavy atom. The summed E-state index contributed by atoms with van der Waals surface area (Å²) in [6.07, 6.45) is 3.38. The summed E-state index contributed by atoms with van der Waals surface area (Å²) in [6, 6.07) is 0. The zero-order valence-corrected chi connectivity index (χ0v) is 15.8. The lowest BCUT2D eigenvalue weighted by atomic mass is 10.2. The second kappa shape index (κ2) is 12.2. The van der Waals surface area contributed by atoms with Gasteiger partial charge >= 0.3 is 11.9 Å². The molecule has 0 N–H and O–H groups in total. The minimum Gasteiger partial charge on any atom is -0.466 e. The van der Waals surface area contributed by atoms with Crippen molar-refractivity contribution in [1.82, 2.24) is 0 Å². The average molecular weight is 496 g/mol. The molecule has 0 aromatic carbocycles. The zero-order chi connectivity index (χ0) is 14.7. The van der Waals surface area contributed by atoms with Crippen molar-refractivity contribution in [2.45, 2.75) is 53.8 Å². The molecule has 0 rings (SSSR count). The van der Waals surface area contributed by atoms with Crippen LogP contribution in [0.2, 0.25) is 0 Å². The van der Waals surface area contributed by atoms with Crippen LogP contribution in [0.1, 0.15) is 46.0 Å². The van der Waals surface area contributed by atoms with E-state index < -0.39 is 0 Å². The minimum absolute atomic E-state index is 0.175. The Morgan fingerprint density at radius 3 is 1.58 bits per heavy atom. The molecule has 0 radical (unpaired) electrons. The Balaban J connectivity index is 3.49. The molecule has 19 heavy (non-hydrogen) atoms. The molecule has 0 saturated carbocycles. The summed E-state index contributed by atoms with van der Waals surface area (Å²) in [4.78, 5) is 22.7. The first-order chi connectivity index (χ1) is 8.99. The minimum atomic E-state index is -0.175. The van der Waals surface area contributed by atoms with E-state index in [1.165, 1.54) is 0 Å². The highest BCUT2D eigenvalue weighted by Crippen LogP contribution is 2.11. The van der Waals surface area contributed by atoms with Crippen molar-refractivity contribution in [3.05, 3.63) is 0 Å². The molecule has 2 atom stereocenters. The molecule has 4 nitrogen and oxygen atoms in total. The van der Waals surface area contributed by atoms with Crippen LogP contribution in [-0.2, 0) is 19.1 Å². The molecule has 0 aromatic rings. The first kappa shape index (κ1) is 19.4. The van der Waals surface area contributed by atoms with E-state index in [0.717, 1.165) is 12.8 Å². The number of esters is 2. The number of hydrogen-bond donors (Lipinski definition) is 0. The Kier molecular flexibility index (Phi) is 12.4. The number of halogens is 2. The molecule has 0 aliphatic heterocycles. The average Bonchev–Trinajstić information content (AvgIpc) is 2.37. The van der Waals surface area contributed by atoms with Crippen LogP contribution in [0.5, 0.6) is 0 Å². The third kappa shape index (κ3) is 11.9. The second-order valence-electron chi connectivity index (χ2n) is 4.21. The molecule has 0 saturated heterocycles. The summed E-state index contributed by atoms with van der Waals surface area (Å²) in [5, 5.41) is 0. The first-order valence-electron chi connectivity index (χ1n) is 6.58. The van der Waals surface area contributed by atoms with Gasteiger partial charge in [-0.3, -0.25) is 9.59 Å². The third-order valence-corrected chi connectivity index (χ3v) is 5.12. The number of carbonyl (C=O) groups excluding carboxylic acids is 2. The lowest BCUT2D eigenvalue weighted by molar-refractivity contribution is -0.146. The van der Waals surface area contributed by atoms with E-state index in [1.54, 1.807) is 0 Å². The van der Waals surface area contributed by atoms with Crippen molar-refractivity contribution in [3.63, 3.8) is 0 Å². The number of alkyl halides is 2. The van der Waals surface area contributed by atoms with Crippen LogP contribution >= 0.6 is 45.2 Å². The predicted octanol–water partition coefficient (Wildman–Crippen LogP) is 3.67. The normalized spacial score (nSPS) is 13.7. The van der Waals surface area contributed by atoms with Gasteiger partial charge in [0.15, 0.2) is 0 Å². The molecule has 0 bridgehead atoms. The fourth-order valence-corrected chi connectivity index (χ4v) is 1.92. The predicted molar refractivity (Wildman–Crippen MR) is 92.0 cm³/mol. The highest BCUT2D eigenvalue weighted by atomic mass is 127. The molecule has 0 fully saturated rings. The maximum atomic E-state index is 11.4. The molecule has 6 heteroatoms. The van der Waals surface area contributed by atoms with Gasteiger partial charge in [-0.1, -0.05) is 59.0 Å². The number of hydrogen-bond acceptors (Lipinski definition) is 4. The van der Waals surface area contributed by atoms with E-state index >= 15 is 0 Å². The molecule has 0 aromatic heterocycles. The lowest BCUT2D eigenvalue weighted by Gasteiger charge is -2.09. The van der Waals surface area contributed by atoms with Gasteiger partial charge in [-0.15, -0.1) is 0 Å². The van der Waals surface area contributed by atoms with Crippen molar-refractivity contribution in [2.75, 3.05) is 13.2 Å². The zero-order valence-electron chi connectivity index (χ0n) is 11.5. The molecule has 0 heterocycles. The van der Waals surface area contributed by atoms with Crippen LogP contribution in [0.4, 0.5) is 0 Å². The van der Waals surface area contributed by atoms with Crippen molar-refractivity contribution >= 4 is 57.1 Å². The van der Waals surface area contributed by atoms with E-state index in [0.29, 0.717) is 40.3 Å². The van der Waals surface area contributed by atoms with Gasteiger partial charge in [-0.05, 0) is 12.8 Å². The van der Waals surface area contributed by atoms with Crippen LogP contribution in [-0.4, -0.2) is 33.0 Å². The molecule has 0 amide bonds. The maximum Gasteiger partial charge on any atom is 0.306 e. The van der Waals surface area contributed by atoms with E-state index in [-0.39, 0.29) is 11.9 Å². The topological polar surface area (TPSA) is 52.6 Å². The van der Waals surface area contributed by atoms with E-state index in [1.807, 2.05) is 13.8 Å². The van der Waals surface area contributed by atoms with Crippen molar-refractivity contribution in [1.29, 1.82) is 0 Å². The van der Waals surface area contributed by atoms with Gasteiger partial charge in [0.05, 0.1) is 26.1 Å². The van der Waals surface area contributed by atoms with Gasteiger partial charge in [-0.25, -0.2) is 0 Å². The molecule has 0 aliphatic carbocycles. The molecule has 0 aliphatic rings. The molecular weight excluding hydrogens is 474 g/mol. The Bertz CT molecular complexity index is 245. The highest BCUT2D eigenvalue weighted by Gasteiger charge is 2.11. The van der Waals surface area contributed by atoms with E-state index in [2.05, 4.69) is 45.2 Å².